The number of hydrogen-bond acceptors (Lipinski definition) is 3. The van der Waals surface area contributed by atoms with Crippen molar-refractivity contribution in [3.63, 3.8) is 0 Å². The second-order valence-corrected chi connectivity index (χ2v) is 9.32. The smallest absolute Gasteiger partial charge is 0.182 e. The molecule has 0 bridgehead atoms. The zero-order valence-electron chi connectivity index (χ0n) is 12.4. The van der Waals surface area contributed by atoms with E-state index < -0.39 is 15.1 Å². The van der Waals surface area contributed by atoms with Crippen LogP contribution in [0.25, 0.3) is 0 Å². The summed E-state index contributed by atoms with van der Waals surface area (Å²) in [5.41, 5.74) is 7.78. The Labute approximate surface area is 149 Å². The zero-order chi connectivity index (χ0) is 16.8. The highest BCUT2D eigenvalue weighted by Crippen LogP contribution is 2.54. The van der Waals surface area contributed by atoms with Crippen molar-refractivity contribution in [2.24, 2.45) is 11.7 Å². The summed E-state index contributed by atoms with van der Waals surface area (Å²) in [6.45, 7) is 1.93. The molecule has 0 amide bonds. The first kappa shape index (κ1) is 16.6. The van der Waals surface area contributed by atoms with Crippen LogP contribution in [0, 0.1) is 12.8 Å². The van der Waals surface area contributed by atoms with Crippen LogP contribution in [0.3, 0.4) is 0 Å². The molecule has 0 heterocycles. The Kier molecular flexibility index (Phi) is 4.33. The molecule has 3 nitrogen and oxygen atoms in total. The first-order valence-electron chi connectivity index (χ1n) is 7.18. The van der Waals surface area contributed by atoms with E-state index in [0.29, 0.717) is 4.90 Å². The van der Waals surface area contributed by atoms with Crippen LogP contribution in [-0.2, 0) is 9.84 Å². The lowest BCUT2D eigenvalue weighted by molar-refractivity contribution is 0.593. The molecule has 2 aromatic carbocycles. The van der Waals surface area contributed by atoms with Gasteiger partial charge in [0.1, 0.15) is 0 Å². The standard InChI is InChI=1S/C17H16BrNO2S2/c1-10-2-8-13(9-3-10)23(20,21)16-14(15(16)17(19)22)11-4-6-12(18)7-5-11/h2-9,14-16H,1H3,(H2,19,22)/t14-,15-,16+/m0/s1. The Hall–Kier alpha value is -1.24. The number of rotatable bonds is 4. The molecule has 2 N–H and O–H groups in total. The van der Waals surface area contributed by atoms with E-state index in [1.165, 1.54) is 0 Å². The molecule has 6 heteroatoms. The number of nitrogens with two attached hydrogens (primary N) is 1. The van der Waals surface area contributed by atoms with Crippen LogP contribution < -0.4 is 5.73 Å². The van der Waals surface area contributed by atoms with Crippen LogP contribution in [0.1, 0.15) is 17.0 Å². The quantitative estimate of drug-likeness (QED) is 0.783. The third-order valence-corrected chi connectivity index (χ3v) is 7.28. The van der Waals surface area contributed by atoms with E-state index >= 15 is 0 Å². The van der Waals surface area contributed by atoms with Gasteiger partial charge in [0, 0.05) is 16.3 Å². The topological polar surface area (TPSA) is 60.2 Å². The van der Waals surface area contributed by atoms with Gasteiger partial charge >= 0.3 is 0 Å². The molecule has 2 aromatic rings. The first-order valence-corrected chi connectivity index (χ1v) is 9.92. The van der Waals surface area contributed by atoms with Crippen LogP contribution in [0.15, 0.2) is 57.9 Å². The molecule has 1 aliphatic rings. The molecule has 0 saturated heterocycles. The molecule has 0 radical (unpaired) electrons. The van der Waals surface area contributed by atoms with Crippen molar-refractivity contribution in [3.8, 4) is 0 Å². The predicted molar refractivity (Wildman–Crippen MR) is 99.3 cm³/mol. The van der Waals surface area contributed by atoms with Crippen LogP contribution in [0.4, 0.5) is 0 Å². The van der Waals surface area contributed by atoms with E-state index in [4.69, 9.17) is 18.0 Å². The van der Waals surface area contributed by atoms with Crippen molar-refractivity contribution in [1.29, 1.82) is 0 Å². The van der Waals surface area contributed by atoms with Gasteiger partial charge in [-0.25, -0.2) is 8.42 Å². The predicted octanol–water partition coefficient (Wildman–Crippen LogP) is 3.60. The number of aryl methyl sites for hydroxylation is 1. The highest BCUT2D eigenvalue weighted by molar-refractivity contribution is 9.10. The van der Waals surface area contributed by atoms with Crippen LogP contribution in [-0.4, -0.2) is 18.7 Å². The molecule has 120 valence electrons. The Morgan fingerprint density at radius 2 is 1.65 bits per heavy atom. The van der Waals surface area contributed by atoms with Gasteiger partial charge in [0.15, 0.2) is 9.84 Å². The molecule has 0 aliphatic heterocycles. The molecule has 0 spiro atoms. The number of sulfone groups is 1. The Morgan fingerprint density at radius 3 is 2.17 bits per heavy atom. The summed E-state index contributed by atoms with van der Waals surface area (Å²) in [5, 5.41) is -0.580. The SMILES string of the molecule is Cc1ccc(S(=O)(=O)[C@H]2[C@@H](C(N)=S)[C@@H]2c2ccc(Br)cc2)cc1. The van der Waals surface area contributed by atoms with Crippen LogP contribution >= 0.6 is 28.1 Å². The largest absolute Gasteiger partial charge is 0.393 e. The third-order valence-electron chi connectivity index (χ3n) is 4.25. The highest BCUT2D eigenvalue weighted by Gasteiger charge is 2.60. The number of hydrogen-bond donors (Lipinski definition) is 1. The second kappa shape index (κ2) is 6.00. The average molecular weight is 410 g/mol. The third kappa shape index (κ3) is 3.07. The van der Waals surface area contributed by atoms with Gasteiger partial charge in [-0.1, -0.05) is 58.0 Å². The molecular formula is C17H16BrNO2S2. The maximum Gasteiger partial charge on any atom is 0.182 e. The van der Waals surface area contributed by atoms with Crippen molar-refractivity contribution < 1.29 is 8.42 Å². The minimum absolute atomic E-state index is 0.174. The maximum absolute atomic E-state index is 12.9. The van der Waals surface area contributed by atoms with Gasteiger partial charge in [-0.3, -0.25) is 0 Å². The first-order chi connectivity index (χ1) is 10.8. The number of thiocarbonyl (C=S) groups is 1. The van der Waals surface area contributed by atoms with E-state index in [1.54, 1.807) is 24.3 Å². The Balaban J connectivity index is 1.98. The lowest BCUT2D eigenvalue weighted by Crippen LogP contribution is -2.17. The van der Waals surface area contributed by atoms with Crippen LogP contribution in [0.5, 0.6) is 0 Å². The van der Waals surface area contributed by atoms with E-state index in [9.17, 15) is 8.42 Å². The van der Waals surface area contributed by atoms with E-state index in [2.05, 4.69) is 15.9 Å². The number of benzene rings is 2. The summed E-state index contributed by atoms with van der Waals surface area (Å²) in [6, 6.07) is 14.6. The van der Waals surface area contributed by atoms with Gasteiger partial charge in [0.2, 0.25) is 0 Å². The fourth-order valence-corrected chi connectivity index (χ4v) is 5.77. The maximum atomic E-state index is 12.9. The van der Waals surface area contributed by atoms with Gasteiger partial charge in [0.25, 0.3) is 0 Å². The minimum atomic E-state index is -3.46. The van der Waals surface area contributed by atoms with Gasteiger partial charge in [-0.2, -0.15) is 0 Å². The summed E-state index contributed by atoms with van der Waals surface area (Å²) < 4.78 is 26.8. The fourth-order valence-electron chi connectivity index (χ4n) is 2.98. The molecular weight excluding hydrogens is 394 g/mol. The monoisotopic (exact) mass is 409 g/mol. The Bertz CT molecular complexity index is 845. The molecule has 3 atom stereocenters. The molecule has 3 rings (SSSR count). The van der Waals surface area contributed by atoms with Crippen molar-refractivity contribution in [3.05, 3.63) is 64.1 Å². The minimum Gasteiger partial charge on any atom is -0.393 e. The van der Waals surface area contributed by atoms with Gasteiger partial charge < -0.3 is 5.73 Å². The second-order valence-electron chi connectivity index (χ2n) is 5.83. The normalized spacial score (nSPS) is 23.5. The van der Waals surface area contributed by atoms with Gasteiger partial charge in [-0.15, -0.1) is 0 Å². The van der Waals surface area contributed by atoms with Gasteiger partial charge in [-0.05, 0) is 36.8 Å². The summed E-state index contributed by atoms with van der Waals surface area (Å²) >= 11 is 8.49. The number of halogens is 1. The summed E-state index contributed by atoms with van der Waals surface area (Å²) in [5.74, 6) is -0.482. The molecule has 0 aromatic heterocycles. The van der Waals surface area contributed by atoms with E-state index in [-0.39, 0.29) is 16.8 Å². The molecule has 1 saturated carbocycles. The summed E-state index contributed by atoms with van der Waals surface area (Å²) in [6.07, 6.45) is 0. The summed E-state index contributed by atoms with van der Waals surface area (Å²) in [4.78, 5) is 0.590. The zero-order valence-corrected chi connectivity index (χ0v) is 15.7. The van der Waals surface area contributed by atoms with Gasteiger partial charge in [0.05, 0.1) is 15.1 Å². The van der Waals surface area contributed by atoms with Crippen molar-refractivity contribution in [1.82, 2.24) is 0 Å². The average Bonchev–Trinajstić information content (AvgIpc) is 3.25. The molecule has 1 aliphatic carbocycles. The Morgan fingerprint density at radius 1 is 1.09 bits per heavy atom. The highest BCUT2D eigenvalue weighted by atomic mass is 79.9. The van der Waals surface area contributed by atoms with Crippen molar-refractivity contribution in [2.45, 2.75) is 23.0 Å². The van der Waals surface area contributed by atoms with E-state index in [0.717, 1.165) is 15.6 Å². The molecule has 1 fully saturated rings. The van der Waals surface area contributed by atoms with Crippen LogP contribution in [0.2, 0.25) is 0 Å². The van der Waals surface area contributed by atoms with Crippen molar-refractivity contribution in [2.75, 3.05) is 0 Å². The fraction of sp³-hybridized carbons (Fsp3) is 0.235. The molecule has 0 unspecified atom stereocenters. The van der Waals surface area contributed by atoms with Crippen molar-refractivity contribution >= 4 is 43.0 Å². The lowest BCUT2D eigenvalue weighted by Gasteiger charge is -2.05. The summed E-state index contributed by atoms with van der Waals surface area (Å²) in [7, 11) is -3.46. The molecule has 23 heavy (non-hydrogen) atoms. The van der Waals surface area contributed by atoms with E-state index in [1.807, 2.05) is 31.2 Å². The lowest BCUT2D eigenvalue weighted by atomic mass is 10.1.